The molecule has 0 fully saturated rings. The minimum atomic E-state index is -0.169. The van der Waals surface area contributed by atoms with E-state index in [1.807, 2.05) is 43.7 Å². The van der Waals surface area contributed by atoms with Gasteiger partial charge in [-0.05, 0) is 52.9 Å². The van der Waals surface area contributed by atoms with E-state index in [9.17, 15) is 9.90 Å². The molecule has 3 aromatic rings. The van der Waals surface area contributed by atoms with Crippen molar-refractivity contribution in [2.45, 2.75) is 19.4 Å². The zero-order chi connectivity index (χ0) is 17.6. The minimum absolute atomic E-state index is 0.169. The molecule has 3 N–H and O–H groups in total. The lowest BCUT2D eigenvalue weighted by Gasteiger charge is -2.08. The van der Waals surface area contributed by atoms with Gasteiger partial charge in [0.05, 0.1) is 6.20 Å². The third kappa shape index (κ3) is 4.73. The van der Waals surface area contributed by atoms with Crippen molar-refractivity contribution >= 4 is 16.8 Å². The van der Waals surface area contributed by atoms with Crippen LogP contribution in [0.5, 0.6) is 5.75 Å². The standard InChI is InChI=1S/C19H22N4O2/c1-23-13-15(12-22-23)3-2-8-20-19(25)21-11-14-4-5-17-10-18(24)7-6-16(17)9-14/h4-7,9-10,12-13,24H,2-3,8,11H2,1H3,(H2,20,21,25). The maximum absolute atomic E-state index is 11.9. The molecule has 0 aliphatic carbocycles. The molecule has 0 saturated carbocycles. The van der Waals surface area contributed by atoms with Crippen LogP contribution in [0.1, 0.15) is 17.5 Å². The molecule has 6 heteroatoms. The van der Waals surface area contributed by atoms with Crippen molar-refractivity contribution in [1.82, 2.24) is 20.4 Å². The molecular formula is C19H22N4O2. The predicted octanol–water partition coefficient (Wildman–Crippen LogP) is 2.71. The van der Waals surface area contributed by atoms with Crippen LogP contribution in [0.4, 0.5) is 4.79 Å². The summed E-state index contributed by atoms with van der Waals surface area (Å²) in [6.07, 6.45) is 5.60. The summed E-state index contributed by atoms with van der Waals surface area (Å²) >= 11 is 0. The number of fused-ring (bicyclic) bond motifs is 1. The maximum atomic E-state index is 11.9. The predicted molar refractivity (Wildman–Crippen MR) is 97.4 cm³/mol. The Bertz CT molecular complexity index is 873. The lowest BCUT2D eigenvalue weighted by Crippen LogP contribution is -2.35. The van der Waals surface area contributed by atoms with E-state index in [0.29, 0.717) is 13.1 Å². The lowest BCUT2D eigenvalue weighted by molar-refractivity contribution is 0.240. The van der Waals surface area contributed by atoms with Gasteiger partial charge in [-0.15, -0.1) is 0 Å². The van der Waals surface area contributed by atoms with Crippen molar-refractivity contribution in [2.75, 3.05) is 6.54 Å². The van der Waals surface area contributed by atoms with Gasteiger partial charge in [-0.1, -0.05) is 18.2 Å². The number of carbonyl (C=O) groups is 1. The third-order valence-corrected chi connectivity index (χ3v) is 4.03. The second kappa shape index (κ2) is 7.70. The van der Waals surface area contributed by atoms with E-state index in [0.717, 1.165) is 29.2 Å². The molecule has 0 bridgehead atoms. The number of aromatic hydroxyl groups is 1. The van der Waals surface area contributed by atoms with Gasteiger partial charge in [-0.2, -0.15) is 5.10 Å². The number of urea groups is 1. The number of aryl methyl sites for hydroxylation is 2. The number of carbonyl (C=O) groups excluding carboxylic acids is 1. The fourth-order valence-corrected chi connectivity index (χ4v) is 2.73. The van der Waals surface area contributed by atoms with E-state index in [2.05, 4.69) is 15.7 Å². The van der Waals surface area contributed by atoms with E-state index in [4.69, 9.17) is 0 Å². The van der Waals surface area contributed by atoms with Crippen LogP contribution in [0.2, 0.25) is 0 Å². The molecule has 130 valence electrons. The number of hydrogen-bond acceptors (Lipinski definition) is 3. The maximum Gasteiger partial charge on any atom is 0.315 e. The van der Waals surface area contributed by atoms with E-state index in [1.54, 1.807) is 16.8 Å². The molecular weight excluding hydrogens is 316 g/mol. The van der Waals surface area contributed by atoms with Crippen LogP contribution in [0.15, 0.2) is 48.8 Å². The summed E-state index contributed by atoms with van der Waals surface area (Å²) in [5, 5.41) is 21.3. The van der Waals surface area contributed by atoms with Gasteiger partial charge >= 0.3 is 6.03 Å². The number of nitrogens with one attached hydrogen (secondary N) is 2. The van der Waals surface area contributed by atoms with Crippen molar-refractivity contribution in [3.05, 3.63) is 59.9 Å². The highest BCUT2D eigenvalue weighted by Gasteiger charge is 2.02. The Morgan fingerprint density at radius 1 is 1.12 bits per heavy atom. The van der Waals surface area contributed by atoms with E-state index in [-0.39, 0.29) is 11.8 Å². The number of benzene rings is 2. The number of phenolic OH excluding ortho intramolecular Hbond substituents is 1. The van der Waals surface area contributed by atoms with Crippen molar-refractivity contribution in [2.24, 2.45) is 7.05 Å². The summed E-state index contributed by atoms with van der Waals surface area (Å²) in [6.45, 7) is 1.09. The number of phenols is 1. The first-order valence-electron chi connectivity index (χ1n) is 8.31. The van der Waals surface area contributed by atoms with Crippen LogP contribution in [0, 0.1) is 0 Å². The Kier molecular flexibility index (Phi) is 5.18. The molecule has 0 saturated heterocycles. The number of amides is 2. The smallest absolute Gasteiger partial charge is 0.315 e. The summed E-state index contributed by atoms with van der Waals surface area (Å²) in [5.74, 6) is 0.254. The summed E-state index contributed by atoms with van der Waals surface area (Å²) in [4.78, 5) is 11.9. The van der Waals surface area contributed by atoms with Gasteiger partial charge in [0.15, 0.2) is 0 Å². The number of nitrogens with zero attached hydrogens (tertiary/aromatic N) is 2. The molecule has 1 aromatic heterocycles. The van der Waals surface area contributed by atoms with Crippen LogP contribution >= 0.6 is 0 Å². The quantitative estimate of drug-likeness (QED) is 0.605. The average molecular weight is 338 g/mol. The third-order valence-electron chi connectivity index (χ3n) is 4.03. The Morgan fingerprint density at radius 3 is 2.72 bits per heavy atom. The average Bonchev–Trinajstić information content (AvgIpc) is 3.02. The zero-order valence-corrected chi connectivity index (χ0v) is 14.2. The first kappa shape index (κ1) is 16.8. The van der Waals surface area contributed by atoms with Crippen LogP contribution in [0.25, 0.3) is 10.8 Å². The van der Waals surface area contributed by atoms with Crippen molar-refractivity contribution in [3.8, 4) is 5.75 Å². The highest BCUT2D eigenvalue weighted by Crippen LogP contribution is 2.20. The number of rotatable bonds is 6. The Morgan fingerprint density at radius 2 is 1.92 bits per heavy atom. The first-order chi connectivity index (χ1) is 12.1. The van der Waals surface area contributed by atoms with Gasteiger partial charge in [-0.3, -0.25) is 4.68 Å². The molecule has 0 radical (unpaired) electrons. The summed E-state index contributed by atoms with van der Waals surface area (Å²) in [6, 6.07) is 11.0. The van der Waals surface area contributed by atoms with Gasteiger partial charge in [0.25, 0.3) is 0 Å². The number of aromatic nitrogens is 2. The van der Waals surface area contributed by atoms with Crippen LogP contribution in [0.3, 0.4) is 0 Å². The Labute approximate surface area is 146 Å². The van der Waals surface area contributed by atoms with Crippen LogP contribution in [-0.2, 0) is 20.0 Å². The first-order valence-corrected chi connectivity index (χ1v) is 8.31. The normalized spacial score (nSPS) is 10.8. The van der Waals surface area contributed by atoms with Crippen molar-refractivity contribution in [1.29, 1.82) is 0 Å². The molecule has 0 aliphatic heterocycles. The van der Waals surface area contributed by atoms with Gasteiger partial charge in [0, 0.05) is 26.3 Å². The van der Waals surface area contributed by atoms with E-state index >= 15 is 0 Å². The summed E-state index contributed by atoms with van der Waals surface area (Å²) in [7, 11) is 1.89. The van der Waals surface area contributed by atoms with E-state index in [1.165, 1.54) is 5.56 Å². The molecule has 6 nitrogen and oxygen atoms in total. The molecule has 2 aromatic carbocycles. The highest BCUT2D eigenvalue weighted by atomic mass is 16.3. The summed E-state index contributed by atoms with van der Waals surface area (Å²) < 4.78 is 1.78. The molecule has 1 heterocycles. The molecule has 0 spiro atoms. The van der Waals surface area contributed by atoms with Crippen LogP contribution < -0.4 is 10.6 Å². The molecule has 25 heavy (non-hydrogen) atoms. The molecule has 0 unspecified atom stereocenters. The number of hydrogen-bond donors (Lipinski definition) is 3. The monoisotopic (exact) mass is 338 g/mol. The van der Waals surface area contributed by atoms with Gasteiger partial charge < -0.3 is 15.7 Å². The van der Waals surface area contributed by atoms with Crippen LogP contribution in [-0.4, -0.2) is 27.5 Å². The second-order valence-electron chi connectivity index (χ2n) is 6.10. The van der Waals surface area contributed by atoms with Gasteiger partial charge in [0.2, 0.25) is 0 Å². The second-order valence-corrected chi connectivity index (χ2v) is 6.10. The zero-order valence-electron chi connectivity index (χ0n) is 14.2. The highest BCUT2D eigenvalue weighted by molar-refractivity contribution is 5.84. The fraction of sp³-hybridized carbons (Fsp3) is 0.263. The minimum Gasteiger partial charge on any atom is -0.508 e. The van der Waals surface area contributed by atoms with Gasteiger partial charge in [-0.25, -0.2) is 4.79 Å². The molecule has 3 rings (SSSR count). The van der Waals surface area contributed by atoms with Crippen molar-refractivity contribution < 1.29 is 9.90 Å². The largest absolute Gasteiger partial charge is 0.508 e. The summed E-state index contributed by atoms with van der Waals surface area (Å²) in [5.41, 5.74) is 2.19. The Balaban J connectivity index is 1.42. The SMILES string of the molecule is Cn1cc(CCCNC(=O)NCc2ccc3cc(O)ccc3c2)cn1. The van der Waals surface area contributed by atoms with Gasteiger partial charge in [0.1, 0.15) is 5.75 Å². The Hall–Kier alpha value is -3.02. The van der Waals surface area contributed by atoms with E-state index < -0.39 is 0 Å². The molecule has 0 aliphatic rings. The molecule has 2 amide bonds. The fourth-order valence-electron chi connectivity index (χ4n) is 2.73. The lowest BCUT2D eigenvalue weighted by atomic mass is 10.1. The molecule has 0 atom stereocenters. The topological polar surface area (TPSA) is 79.2 Å². The van der Waals surface area contributed by atoms with Crippen molar-refractivity contribution in [3.63, 3.8) is 0 Å².